The molecule has 27 heavy (non-hydrogen) atoms. The number of carbonyl (C=O) groups excluding carboxylic acids is 1. The number of amides is 1. The fourth-order valence-corrected chi connectivity index (χ4v) is 2.90. The highest BCUT2D eigenvalue weighted by atomic mass is 35.5. The Labute approximate surface area is 161 Å². The Kier molecular flexibility index (Phi) is 5.61. The van der Waals surface area contributed by atoms with E-state index in [0.717, 1.165) is 0 Å². The quantitative estimate of drug-likeness (QED) is 0.673. The van der Waals surface area contributed by atoms with Gasteiger partial charge in [-0.1, -0.05) is 41.9 Å². The maximum absolute atomic E-state index is 13.2. The van der Waals surface area contributed by atoms with E-state index in [0.29, 0.717) is 16.3 Å². The lowest BCUT2D eigenvalue weighted by Crippen LogP contribution is -2.47. The molecule has 1 amide bonds. The van der Waals surface area contributed by atoms with E-state index in [1.54, 1.807) is 62.4 Å². The van der Waals surface area contributed by atoms with Crippen molar-refractivity contribution in [3.05, 3.63) is 70.1 Å². The largest absolute Gasteiger partial charge is 0.448 e. The minimum atomic E-state index is -0.636. The normalized spacial score (nSPS) is 10.6. The van der Waals surface area contributed by atoms with Gasteiger partial charge in [-0.15, -0.1) is 5.10 Å². The lowest BCUT2D eigenvalue weighted by Gasteiger charge is -2.21. The van der Waals surface area contributed by atoms with Crippen LogP contribution < -0.4 is 10.7 Å². The molecule has 0 saturated heterocycles. The van der Waals surface area contributed by atoms with Gasteiger partial charge in [0.15, 0.2) is 5.82 Å². The number of aromatic nitrogens is 3. The second-order valence-electron chi connectivity index (χ2n) is 5.56. The summed E-state index contributed by atoms with van der Waals surface area (Å²) in [5.41, 5.74) is 0.620. The molecule has 1 heterocycles. The predicted molar refractivity (Wildman–Crippen MR) is 104 cm³/mol. The van der Waals surface area contributed by atoms with E-state index in [1.165, 1.54) is 14.4 Å². The van der Waals surface area contributed by atoms with E-state index in [-0.39, 0.29) is 19.0 Å². The van der Waals surface area contributed by atoms with Crippen molar-refractivity contribution in [3.8, 4) is 17.1 Å². The summed E-state index contributed by atoms with van der Waals surface area (Å²) in [5, 5.41) is 6.08. The monoisotopic (exact) mass is 386 g/mol. The summed E-state index contributed by atoms with van der Waals surface area (Å²) in [6.45, 7) is 3.87. The van der Waals surface area contributed by atoms with Crippen LogP contribution in [0.4, 0.5) is 4.79 Å². The van der Waals surface area contributed by atoms with Gasteiger partial charge in [-0.2, -0.15) is 9.36 Å². The lowest BCUT2D eigenvalue weighted by atomic mass is 10.2. The Morgan fingerprint density at radius 1 is 1.11 bits per heavy atom. The molecule has 0 bridgehead atoms. The Bertz CT molecular complexity index is 998. The number of hydrogen-bond donors (Lipinski definition) is 0. The number of nitrogens with zero attached hydrogens (tertiary/aromatic N) is 4. The average molecular weight is 387 g/mol. The summed E-state index contributed by atoms with van der Waals surface area (Å²) in [5.74, 6) is 0.254. The van der Waals surface area contributed by atoms with E-state index in [4.69, 9.17) is 16.3 Å². The van der Waals surface area contributed by atoms with Crippen LogP contribution in [-0.2, 0) is 4.74 Å². The minimum absolute atomic E-state index is 0.193. The third-order valence-corrected chi connectivity index (χ3v) is 4.22. The van der Waals surface area contributed by atoms with E-state index in [2.05, 4.69) is 5.10 Å². The van der Waals surface area contributed by atoms with Crippen molar-refractivity contribution in [2.75, 3.05) is 18.2 Å². The molecule has 3 rings (SSSR count). The molecular weight excluding hydrogens is 368 g/mol. The fraction of sp³-hybridized carbons (Fsp3) is 0.211. The first-order chi connectivity index (χ1) is 13.1. The van der Waals surface area contributed by atoms with E-state index < -0.39 is 11.8 Å². The van der Waals surface area contributed by atoms with Crippen LogP contribution in [0.15, 0.2) is 59.4 Å². The van der Waals surface area contributed by atoms with Crippen molar-refractivity contribution in [1.29, 1.82) is 0 Å². The van der Waals surface area contributed by atoms with Gasteiger partial charge in [0.1, 0.15) is 0 Å². The standard InChI is InChI=1S/C19H19ClN4O3/c1-3-22(19(26)27-4-2)24-17(15-12-8-9-13-16(15)20)21-23(18(24)25)14-10-6-5-7-11-14/h5-13H,3-4H2,1-2H3. The summed E-state index contributed by atoms with van der Waals surface area (Å²) < 4.78 is 7.53. The molecule has 0 atom stereocenters. The molecule has 2 aromatic carbocycles. The van der Waals surface area contributed by atoms with Crippen molar-refractivity contribution >= 4 is 17.7 Å². The zero-order valence-corrected chi connectivity index (χ0v) is 15.8. The van der Waals surface area contributed by atoms with Crippen LogP contribution in [0.5, 0.6) is 0 Å². The molecule has 140 valence electrons. The molecule has 0 aliphatic heterocycles. The number of carbonyl (C=O) groups is 1. The van der Waals surface area contributed by atoms with Crippen LogP contribution in [0.2, 0.25) is 5.02 Å². The molecule has 0 fully saturated rings. The SMILES string of the molecule is CCOC(=O)N(CC)n1c(-c2ccccc2Cl)nn(-c2ccccc2)c1=O. The third kappa shape index (κ3) is 3.59. The first kappa shape index (κ1) is 18.7. The van der Waals surface area contributed by atoms with E-state index in [1.807, 2.05) is 6.07 Å². The maximum atomic E-state index is 13.2. The van der Waals surface area contributed by atoms with Gasteiger partial charge in [-0.25, -0.2) is 14.6 Å². The minimum Gasteiger partial charge on any atom is -0.448 e. The topological polar surface area (TPSA) is 69.4 Å². The summed E-state index contributed by atoms with van der Waals surface area (Å²) in [6.07, 6.45) is -0.636. The number of para-hydroxylation sites is 1. The van der Waals surface area contributed by atoms with Crippen molar-refractivity contribution in [2.45, 2.75) is 13.8 Å². The second kappa shape index (κ2) is 8.09. The van der Waals surface area contributed by atoms with E-state index >= 15 is 0 Å². The Hall–Kier alpha value is -3.06. The second-order valence-corrected chi connectivity index (χ2v) is 5.97. The van der Waals surface area contributed by atoms with Crippen LogP contribution >= 0.6 is 11.6 Å². The summed E-state index contributed by atoms with van der Waals surface area (Å²) in [7, 11) is 0. The summed E-state index contributed by atoms with van der Waals surface area (Å²) >= 11 is 6.33. The van der Waals surface area contributed by atoms with Crippen molar-refractivity contribution in [3.63, 3.8) is 0 Å². The molecule has 0 N–H and O–H groups in total. The summed E-state index contributed by atoms with van der Waals surface area (Å²) in [6, 6.07) is 16.0. The highest BCUT2D eigenvalue weighted by Gasteiger charge is 2.26. The van der Waals surface area contributed by atoms with Gasteiger partial charge in [-0.3, -0.25) is 0 Å². The molecule has 0 unspecified atom stereocenters. The van der Waals surface area contributed by atoms with Crippen LogP contribution in [-0.4, -0.2) is 33.7 Å². The van der Waals surface area contributed by atoms with Crippen molar-refractivity contribution in [1.82, 2.24) is 14.5 Å². The number of rotatable bonds is 5. The molecule has 7 nitrogen and oxygen atoms in total. The van der Waals surface area contributed by atoms with Crippen LogP contribution in [0.1, 0.15) is 13.8 Å². The molecule has 0 radical (unpaired) electrons. The predicted octanol–water partition coefficient (Wildman–Crippen LogP) is 3.47. The Morgan fingerprint density at radius 3 is 2.41 bits per heavy atom. The van der Waals surface area contributed by atoms with Crippen LogP contribution in [0.3, 0.4) is 0 Å². The highest BCUT2D eigenvalue weighted by molar-refractivity contribution is 6.33. The van der Waals surface area contributed by atoms with Crippen molar-refractivity contribution in [2.24, 2.45) is 0 Å². The molecule has 1 aromatic heterocycles. The number of halogens is 1. The molecule has 0 spiro atoms. The zero-order valence-electron chi connectivity index (χ0n) is 15.0. The highest BCUT2D eigenvalue weighted by Crippen LogP contribution is 2.26. The van der Waals surface area contributed by atoms with Crippen LogP contribution in [0, 0.1) is 0 Å². The lowest BCUT2D eigenvalue weighted by molar-refractivity contribution is 0.153. The average Bonchev–Trinajstić information content (AvgIpc) is 3.01. The molecule has 0 saturated carbocycles. The maximum Gasteiger partial charge on any atom is 0.429 e. The Balaban J connectivity index is 2.27. The van der Waals surface area contributed by atoms with Gasteiger partial charge in [-0.05, 0) is 38.1 Å². The van der Waals surface area contributed by atoms with E-state index in [9.17, 15) is 9.59 Å². The van der Waals surface area contributed by atoms with Gasteiger partial charge >= 0.3 is 11.8 Å². The molecular formula is C19H19ClN4O3. The smallest absolute Gasteiger partial charge is 0.429 e. The third-order valence-electron chi connectivity index (χ3n) is 3.89. The van der Waals surface area contributed by atoms with Gasteiger partial charge in [0.25, 0.3) is 0 Å². The van der Waals surface area contributed by atoms with Crippen LogP contribution in [0.25, 0.3) is 17.1 Å². The van der Waals surface area contributed by atoms with Gasteiger partial charge < -0.3 is 4.74 Å². The molecule has 8 heteroatoms. The van der Waals surface area contributed by atoms with Crippen molar-refractivity contribution < 1.29 is 9.53 Å². The number of hydrogen-bond acceptors (Lipinski definition) is 4. The summed E-state index contributed by atoms with van der Waals surface area (Å²) in [4.78, 5) is 25.6. The van der Waals surface area contributed by atoms with Gasteiger partial charge in [0.05, 0.1) is 17.3 Å². The fourth-order valence-electron chi connectivity index (χ4n) is 2.68. The van der Waals surface area contributed by atoms with Gasteiger partial charge in [0.2, 0.25) is 0 Å². The molecule has 0 aliphatic rings. The molecule has 0 aliphatic carbocycles. The Morgan fingerprint density at radius 2 is 1.78 bits per heavy atom. The number of ether oxygens (including phenoxy) is 1. The number of benzene rings is 2. The zero-order chi connectivity index (χ0) is 19.4. The first-order valence-corrected chi connectivity index (χ1v) is 8.93. The first-order valence-electron chi connectivity index (χ1n) is 8.55. The molecule has 3 aromatic rings. The van der Waals surface area contributed by atoms with Gasteiger partial charge in [0, 0.05) is 12.1 Å².